The van der Waals surface area contributed by atoms with Gasteiger partial charge < -0.3 is 20.1 Å². The highest BCUT2D eigenvalue weighted by molar-refractivity contribution is 6.08. The second-order valence-corrected chi connectivity index (χ2v) is 9.22. The standard InChI is InChI=1S/C22H30FN3O4/c1-21(2)14-22(17-12-15(13-23)4-5-18(17)30-21)19(28)26(20(29)24-22)9-3-8-25-10-6-16(27)7-11-25/h4-5,12,16,27H,3,6-11,13-14H2,1-2H3,(H,24,29). The number of hydrogen-bond donors (Lipinski definition) is 2. The second-order valence-electron chi connectivity index (χ2n) is 9.22. The van der Waals surface area contributed by atoms with Crippen molar-refractivity contribution in [2.24, 2.45) is 0 Å². The summed E-state index contributed by atoms with van der Waals surface area (Å²) in [7, 11) is 0. The molecule has 8 heteroatoms. The Bertz CT molecular complexity index is 838. The molecule has 4 rings (SSSR count). The van der Waals surface area contributed by atoms with Crippen LogP contribution in [0.5, 0.6) is 5.75 Å². The van der Waals surface area contributed by atoms with Crippen LogP contribution in [-0.2, 0) is 17.0 Å². The maximum absolute atomic E-state index is 13.5. The van der Waals surface area contributed by atoms with Crippen LogP contribution in [-0.4, -0.2) is 64.7 Å². The van der Waals surface area contributed by atoms with Crippen molar-refractivity contribution >= 4 is 11.9 Å². The number of likely N-dealkylation sites (tertiary alicyclic amines) is 1. The number of nitrogens with zero attached hydrogens (tertiary/aromatic N) is 2. The first-order valence-electron chi connectivity index (χ1n) is 10.7. The summed E-state index contributed by atoms with van der Waals surface area (Å²) in [4.78, 5) is 29.8. The number of aliphatic hydroxyl groups is 1. The van der Waals surface area contributed by atoms with Gasteiger partial charge in [0.15, 0.2) is 5.54 Å². The second kappa shape index (κ2) is 7.81. The molecule has 164 valence electrons. The van der Waals surface area contributed by atoms with Crippen molar-refractivity contribution < 1.29 is 23.8 Å². The number of carbonyl (C=O) groups is 2. The van der Waals surface area contributed by atoms with E-state index < -0.39 is 23.8 Å². The molecule has 7 nitrogen and oxygen atoms in total. The highest BCUT2D eigenvalue weighted by Crippen LogP contribution is 2.47. The maximum Gasteiger partial charge on any atom is 0.325 e. The summed E-state index contributed by atoms with van der Waals surface area (Å²) in [6, 6.07) is 4.54. The van der Waals surface area contributed by atoms with E-state index in [2.05, 4.69) is 10.2 Å². The normalized spacial score (nSPS) is 26.6. The summed E-state index contributed by atoms with van der Waals surface area (Å²) in [5.74, 6) is 0.209. The first-order valence-corrected chi connectivity index (χ1v) is 10.7. The molecule has 0 bridgehead atoms. The lowest BCUT2D eigenvalue weighted by Crippen LogP contribution is -2.53. The van der Waals surface area contributed by atoms with Gasteiger partial charge in [-0.2, -0.15) is 0 Å². The molecule has 0 radical (unpaired) electrons. The van der Waals surface area contributed by atoms with Crippen molar-refractivity contribution in [3.8, 4) is 5.75 Å². The summed E-state index contributed by atoms with van der Waals surface area (Å²) < 4.78 is 19.3. The molecule has 1 unspecified atom stereocenters. The number of piperidine rings is 1. The van der Waals surface area contributed by atoms with E-state index in [0.29, 0.717) is 29.8 Å². The molecule has 2 fully saturated rings. The van der Waals surface area contributed by atoms with E-state index in [-0.39, 0.29) is 18.4 Å². The van der Waals surface area contributed by atoms with Gasteiger partial charge in [0.25, 0.3) is 5.91 Å². The number of fused-ring (bicyclic) bond motifs is 2. The van der Waals surface area contributed by atoms with E-state index in [4.69, 9.17) is 4.74 Å². The Kier molecular flexibility index (Phi) is 5.48. The molecular formula is C22H30FN3O4. The Morgan fingerprint density at radius 1 is 1.23 bits per heavy atom. The SMILES string of the molecule is CC1(C)CC2(NC(=O)N(CCCN3CCC(O)CC3)C2=O)c2cc(CF)ccc2O1. The molecule has 3 heterocycles. The van der Waals surface area contributed by atoms with Gasteiger partial charge in [-0.25, -0.2) is 9.18 Å². The number of halogens is 1. The third kappa shape index (κ3) is 3.78. The Balaban J connectivity index is 1.52. The zero-order valence-electron chi connectivity index (χ0n) is 17.6. The minimum atomic E-state index is -1.23. The topological polar surface area (TPSA) is 82.1 Å². The van der Waals surface area contributed by atoms with E-state index >= 15 is 0 Å². The number of hydrogen-bond acceptors (Lipinski definition) is 5. The number of carbonyl (C=O) groups excluding carboxylic acids is 2. The van der Waals surface area contributed by atoms with Crippen molar-refractivity contribution in [1.29, 1.82) is 0 Å². The lowest BCUT2D eigenvalue weighted by molar-refractivity contribution is -0.134. The highest BCUT2D eigenvalue weighted by Gasteiger charge is 2.58. The van der Waals surface area contributed by atoms with Crippen LogP contribution in [0.4, 0.5) is 9.18 Å². The summed E-state index contributed by atoms with van der Waals surface area (Å²) in [6.45, 7) is 5.87. The fraction of sp³-hybridized carbons (Fsp3) is 0.636. The third-order valence-electron chi connectivity index (χ3n) is 6.32. The van der Waals surface area contributed by atoms with Crippen LogP contribution in [0.2, 0.25) is 0 Å². The summed E-state index contributed by atoms with van der Waals surface area (Å²) in [5, 5.41) is 12.5. The van der Waals surface area contributed by atoms with Gasteiger partial charge in [0.2, 0.25) is 0 Å². The van der Waals surface area contributed by atoms with Crippen LogP contribution in [0.25, 0.3) is 0 Å². The summed E-state index contributed by atoms with van der Waals surface area (Å²) in [5.41, 5.74) is -0.904. The van der Waals surface area contributed by atoms with Crippen LogP contribution in [0.3, 0.4) is 0 Å². The van der Waals surface area contributed by atoms with Crippen molar-refractivity contribution in [3.05, 3.63) is 29.3 Å². The Hall–Kier alpha value is -2.19. The minimum Gasteiger partial charge on any atom is -0.487 e. The molecule has 30 heavy (non-hydrogen) atoms. The van der Waals surface area contributed by atoms with Crippen LogP contribution in [0, 0.1) is 0 Å². The predicted molar refractivity (Wildman–Crippen MR) is 109 cm³/mol. The molecule has 1 aromatic carbocycles. The van der Waals surface area contributed by atoms with Gasteiger partial charge in [0.05, 0.1) is 6.10 Å². The zero-order valence-corrected chi connectivity index (χ0v) is 17.6. The van der Waals surface area contributed by atoms with Gasteiger partial charge in [-0.05, 0) is 57.4 Å². The predicted octanol–water partition coefficient (Wildman–Crippen LogP) is 2.31. The summed E-state index contributed by atoms with van der Waals surface area (Å²) >= 11 is 0. The number of nitrogens with one attached hydrogen (secondary N) is 1. The molecule has 0 saturated carbocycles. The molecule has 3 aliphatic heterocycles. The fourth-order valence-corrected chi connectivity index (χ4v) is 4.88. The smallest absolute Gasteiger partial charge is 0.325 e. The number of aliphatic hydroxyl groups excluding tert-OH is 1. The first-order chi connectivity index (χ1) is 14.2. The van der Waals surface area contributed by atoms with Crippen LogP contribution < -0.4 is 10.1 Å². The van der Waals surface area contributed by atoms with Crippen LogP contribution in [0.1, 0.15) is 50.7 Å². The van der Waals surface area contributed by atoms with Gasteiger partial charge in [0.1, 0.15) is 18.0 Å². The number of imide groups is 1. The molecule has 0 aliphatic carbocycles. The average molecular weight is 419 g/mol. The molecule has 0 aromatic heterocycles. The average Bonchev–Trinajstić information content (AvgIpc) is 2.92. The molecular weight excluding hydrogens is 389 g/mol. The lowest BCUT2D eigenvalue weighted by atomic mass is 9.77. The minimum absolute atomic E-state index is 0.224. The third-order valence-corrected chi connectivity index (χ3v) is 6.32. The number of urea groups is 1. The number of rotatable bonds is 5. The van der Waals surface area contributed by atoms with Gasteiger partial charge >= 0.3 is 6.03 Å². The fourth-order valence-electron chi connectivity index (χ4n) is 4.88. The van der Waals surface area contributed by atoms with Gasteiger partial charge in [-0.1, -0.05) is 6.07 Å². The largest absolute Gasteiger partial charge is 0.487 e. The van der Waals surface area contributed by atoms with E-state index in [1.54, 1.807) is 18.2 Å². The van der Waals surface area contributed by atoms with Crippen molar-refractivity contribution in [2.75, 3.05) is 26.2 Å². The number of alkyl halides is 1. The van der Waals surface area contributed by atoms with Crippen LogP contribution in [0.15, 0.2) is 18.2 Å². The molecule has 2 saturated heterocycles. The van der Waals surface area contributed by atoms with E-state index in [1.807, 2.05) is 13.8 Å². The summed E-state index contributed by atoms with van der Waals surface area (Å²) in [6.07, 6.45) is 2.25. The lowest BCUT2D eigenvalue weighted by Gasteiger charge is -2.42. The number of benzene rings is 1. The number of amides is 3. The molecule has 1 atom stereocenters. The first kappa shape index (κ1) is 21.1. The van der Waals surface area contributed by atoms with E-state index in [1.165, 1.54) is 4.90 Å². The van der Waals surface area contributed by atoms with Crippen molar-refractivity contribution in [1.82, 2.24) is 15.1 Å². The highest BCUT2D eigenvalue weighted by atomic mass is 19.1. The van der Waals surface area contributed by atoms with Gasteiger partial charge in [0, 0.05) is 31.6 Å². The molecule has 1 spiro atoms. The number of ether oxygens (including phenoxy) is 1. The van der Waals surface area contributed by atoms with Gasteiger partial charge in [-0.15, -0.1) is 0 Å². The van der Waals surface area contributed by atoms with Crippen molar-refractivity contribution in [3.63, 3.8) is 0 Å². The molecule has 1 aromatic rings. The maximum atomic E-state index is 13.5. The Morgan fingerprint density at radius 3 is 2.67 bits per heavy atom. The Labute approximate surface area is 176 Å². The zero-order chi connectivity index (χ0) is 21.5. The van der Waals surface area contributed by atoms with E-state index in [0.717, 1.165) is 32.5 Å². The quantitative estimate of drug-likeness (QED) is 0.716. The molecule has 2 N–H and O–H groups in total. The molecule has 3 aliphatic rings. The molecule has 3 amide bonds. The van der Waals surface area contributed by atoms with Crippen LogP contribution >= 0.6 is 0 Å². The monoisotopic (exact) mass is 419 g/mol. The van der Waals surface area contributed by atoms with E-state index in [9.17, 15) is 19.1 Å². The van der Waals surface area contributed by atoms with Crippen molar-refractivity contribution in [2.45, 2.75) is 63.4 Å². The Morgan fingerprint density at radius 2 is 1.97 bits per heavy atom. The van der Waals surface area contributed by atoms with Gasteiger partial charge in [-0.3, -0.25) is 9.69 Å².